The lowest BCUT2D eigenvalue weighted by atomic mass is 10.3. The Kier molecular flexibility index (Phi) is 1.74. The summed E-state index contributed by atoms with van der Waals surface area (Å²) in [6, 6.07) is 9.77. The SMILES string of the molecule is O=c1nc(C2CC2)n(-c2ccccc2)[nH]1. The molecule has 3 rings (SSSR count). The van der Waals surface area contributed by atoms with E-state index in [-0.39, 0.29) is 5.69 Å². The fourth-order valence-corrected chi connectivity index (χ4v) is 1.72. The van der Waals surface area contributed by atoms with Crippen molar-refractivity contribution >= 4 is 0 Å². The average molecular weight is 201 g/mol. The van der Waals surface area contributed by atoms with E-state index in [0.29, 0.717) is 5.92 Å². The number of aromatic amines is 1. The summed E-state index contributed by atoms with van der Waals surface area (Å²) in [6.07, 6.45) is 2.27. The zero-order valence-electron chi connectivity index (χ0n) is 8.18. The number of aromatic nitrogens is 3. The topological polar surface area (TPSA) is 50.7 Å². The predicted molar refractivity (Wildman–Crippen MR) is 56.2 cm³/mol. The standard InChI is InChI=1S/C11H11N3O/c15-11-12-10(8-6-7-8)14(13-11)9-4-2-1-3-5-9/h1-5,8H,6-7H2,(H,13,15). The highest BCUT2D eigenvalue weighted by atomic mass is 16.1. The van der Waals surface area contributed by atoms with Gasteiger partial charge in [0.25, 0.3) is 0 Å². The van der Waals surface area contributed by atoms with Crippen LogP contribution in [0.5, 0.6) is 0 Å². The first-order valence-electron chi connectivity index (χ1n) is 5.09. The van der Waals surface area contributed by atoms with Crippen molar-refractivity contribution < 1.29 is 0 Å². The minimum atomic E-state index is -0.263. The van der Waals surface area contributed by atoms with Crippen LogP contribution in [0.1, 0.15) is 24.6 Å². The van der Waals surface area contributed by atoms with Crippen LogP contribution in [0.15, 0.2) is 35.1 Å². The zero-order chi connectivity index (χ0) is 10.3. The van der Waals surface area contributed by atoms with E-state index in [1.54, 1.807) is 4.68 Å². The number of para-hydroxylation sites is 1. The van der Waals surface area contributed by atoms with Crippen molar-refractivity contribution in [2.45, 2.75) is 18.8 Å². The van der Waals surface area contributed by atoms with Gasteiger partial charge in [-0.2, -0.15) is 4.98 Å². The van der Waals surface area contributed by atoms with Crippen LogP contribution in [-0.4, -0.2) is 14.8 Å². The highest BCUT2D eigenvalue weighted by Gasteiger charge is 2.29. The third kappa shape index (κ3) is 1.48. The van der Waals surface area contributed by atoms with Gasteiger partial charge in [0.15, 0.2) is 0 Å². The molecule has 1 aromatic carbocycles. The van der Waals surface area contributed by atoms with Gasteiger partial charge in [-0.05, 0) is 25.0 Å². The lowest BCUT2D eigenvalue weighted by Gasteiger charge is -2.04. The first kappa shape index (κ1) is 8.47. The second-order valence-electron chi connectivity index (χ2n) is 3.83. The highest BCUT2D eigenvalue weighted by Crippen LogP contribution is 2.38. The second kappa shape index (κ2) is 3.08. The molecule has 0 radical (unpaired) electrons. The van der Waals surface area contributed by atoms with Crippen LogP contribution in [0.2, 0.25) is 0 Å². The van der Waals surface area contributed by atoms with Crippen molar-refractivity contribution in [3.63, 3.8) is 0 Å². The molecule has 76 valence electrons. The van der Waals surface area contributed by atoms with E-state index in [2.05, 4.69) is 10.1 Å². The summed E-state index contributed by atoms with van der Waals surface area (Å²) in [5.41, 5.74) is 0.703. The normalized spacial score (nSPS) is 15.5. The maximum atomic E-state index is 11.2. The van der Waals surface area contributed by atoms with Crippen molar-refractivity contribution in [3.05, 3.63) is 46.6 Å². The summed E-state index contributed by atoms with van der Waals surface area (Å²) >= 11 is 0. The van der Waals surface area contributed by atoms with Gasteiger partial charge in [-0.25, -0.2) is 14.6 Å². The molecule has 1 aromatic heterocycles. The Hall–Kier alpha value is -1.84. The summed E-state index contributed by atoms with van der Waals surface area (Å²) in [4.78, 5) is 15.2. The van der Waals surface area contributed by atoms with Crippen molar-refractivity contribution in [1.29, 1.82) is 0 Å². The molecule has 4 heteroatoms. The van der Waals surface area contributed by atoms with Gasteiger partial charge in [0, 0.05) is 5.92 Å². The number of hydrogen-bond acceptors (Lipinski definition) is 2. The van der Waals surface area contributed by atoms with Crippen LogP contribution in [0.3, 0.4) is 0 Å². The van der Waals surface area contributed by atoms with Crippen LogP contribution in [0.4, 0.5) is 0 Å². The molecule has 0 amide bonds. The molecule has 1 N–H and O–H groups in total. The third-order valence-electron chi connectivity index (χ3n) is 2.61. The number of hydrogen-bond donors (Lipinski definition) is 1. The van der Waals surface area contributed by atoms with E-state index >= 15 is 0 Å². The molecule has 0 spiro atoms. The van der Waals surface area contributed by atoms with E-state index in [4.69, 9.17) is 0 Å². The maximum Gasteiger partial charge on any atom is 0.361 e. The fraction of sp³-hybridized carbons (Fsp3) is 0.273. The first-order valence-corrected chi connectivity index (χ1v) is 5.09. The smallest absolute Gasteiger partial charge is 0.244 e. The summed E-state index contributed by atoms with van der Waals surface area (Å²) < 4.78 is 1.79. The number of H-pyrrole nitrogens is 1. The van der Waals surface area contributed by atoms with Crippen LogP contribution in [-0.2, 0) is 0 Å². The minimum absolute atomic E-state index is 0.263. The molecular weight excluding hydrogens is 190 g/mol. The van der Waals surface area contributed by atoms with E-state index in [1.807, 2.05) is 30.3 Å². The number of rotatable bonds is 2. The largest absolute Gasteiger partial charge is 0.361 e. The molecule has 4 nitrogen and oxygen atoms in total. The van der Waals surface area contributed by atoms with Crippen molar-refractivity contribution in [2.75, 3.05) is 0 Å². The maximum absolute atomic E-state index is 11.2. The molecule has 1 fully saturated rings. The molecule has 0 aliphatic heterocycles. The Morgan fingerprint density at radius 2 is 2.00 bits per heavy atom. The van der Waals surface area contributed by atoms with Crippen LogP contribution in [0.25, 0.3) is 5.69 Å². The molecule has 1 aliphatic rings. The van der Waals surface area contributed by atoms with Gasteiger partial charge in [-0.1, -0.05) is 18.2 Å². The Morgan fingerprint density at radius 1 is 1.27 bits per heavy atom. The van der Waals surface area contributed by atoms with Crippen molar-refractivity contribution in [1.82, 2.24) is 14.8 Å². The molecule has 0 atom stereocenters. The first-order chi connectivity index (χ1) is 7.34. The van der Waals surface area contributed by atoms with Crippen LogP contribution in [0, 0.1) is 0 Å². The van der Waals surface area contributed by atoms with Gasteiger partial charge < -0.3 is 0 Å². The van der Waals surface area contributed by atoms with Gasteiger partial charge in [0.05, 0.1) is 5.69 Å². The number of nitrogens with one attached hydrogen (secondary N) is 1. The number of nitrogens with zero attached hydrogens (tertiary/aromatic N) is 2. The average Bonchev–Trinajstić information content (AvgIpc) is 3.03. The predicted octanol–water partition coefficient (Wildman–Crippen LogP) is 1.44. The second-order valence-corrected chi connectivity index (χ2v) is 3.83. The molecular formula is C11H11N3O. The summed E-state index contributed by atoms with van der Waals surface area (Å²) in [7, 11) is 0. The molecule has 0 saturated heterocycles. The van der Waals surface area contributed by atoms with E-state index < -0.39 is 0 Å². The molecule has 1 heterocycles. The van der Waals surface area contributed by atoms with Crippen LogP contribution >= 0.6 is 0 Å². The Balaban J connectivity index is 2.14. The molecule has 15 heavy (non-hydrogen) atoms. The quantitative estimate of drug-likeness (QED) is 0.799. The lowest BCUT2D eigenvalue weighted by molar-refractivity contribution is 0.791. The summed E-state index contributed by atoms with van der Waals surface area (Å²) in [5, 5.41) is 2.73. The Labute approximate surface area is 86.6 Å². The minimum Gasteiger partial charge on any atom is -0.244 e. The van der Waals surface area contributed by atoms with Gasteiger partial charge in [-0.15, -0.1) is 0 Å². The van der Waals surface area contributed by atoms with Gasteiger partial charge in [0.2, 0.25) is 0 Å². The van der Waals surface area contributed by atoms with Crippen molar-refractivity contribution in [2.24, 2.45) is 0 Å². The zero-order valence-corrected chi connectivity index (χ0v) is 8.18. The lowest BCUT2D eigenvalue weighted by Crippen LogP contribution is -2.05. The number of benzene rings is 1. The molecule has 2 aromatic rings. The van der Waals surface area contributed by atoms with Gasteiger partial charge >= 0.3 is 5.69 Å². The monoisotopic (exact) mass is 201 g/mol. The Morgan fingerprint density at radius 3 is 2.67 bits per heavy atom. The molecule has 1 aliphatic carbocycles. The molecule has 1 saturated carbocycles. The Bertz CT molecular complexity index is 522. The third-order valence-corrected chi connectivity index (χ3v) is 2.61. The molecule has 0 unspecified atom stereocenters. The molecule has 0 bridgehead atoms. The van der Waals surface area contributed by atoms with E-state index in [9.17, 15) is 4.79 Å². The van der Waals surface area contributed by atoms with E-state index in [1.165, 1.54) is 0 Å². The van der Waals surface area contributed by atoms with Gasteiger partial charge in [-0.3, -0.25) is 0 Å². The summed E-state index contributed by atoms with van der Waals surface area (Å²) in [5.74, 6) is 1.33. The van der Waals surface area contributed by atoms with Gasteiger partial charge in [0.1, 0.15) is 5.82 Å². The summed E-state index contributed by atoms with van der Waals surface area (Å²) in [6.45, 7) is 0. The highest BCUT2D eigenvalue weighted by molar-refractivity contribution is 5.32. The van der Waals surface area contributed by atoms with Crippen LogP contribution < -0.4 is 5.69 Å². The van der Waals surface area contributed by atoms with Crippen molar-refractivity contribution in [3.8, 4) is 5.69 Å². The fourth-order valence-electron chi connectivity index (χ4n) is 1.72. The van der Waals surface area contributed by atoms with E-state index in [0.717, 1.165) is 24.4 Å².